The van der Waals surface area contributed by atoms with Crippen molar-refractivity contribution in [3.63, 3.8) is 0 Å². The molecule has 0 bridgehead atoms. The van der Waals surface area contributed by atoms with Gasteiger partial charge in [0.15, 0.2) is 5.75 Å². The van der Waals surface area contributed by atoms with E-state index in [1.54, 1.807) is 6.07 Å². The summed E-state index contributed by atoms with van der Waals surface area (Å²) in [5, 5.41) is 31.1. The first kappa shape index (κ1) is 15.1. The van der Waals surface area contributed by atoms with Gasteiger partial charge in [-0.05, 0) is 46.2 Å². The Hall–Kier alpha value is -3.82. The zero-order chi connectivity index (χ0) is 17.1. The van der Waals surface area contributed by atoms with E-state index in [0.29, 0.717) is 22.2 Å². The van der Waals surface area contributed by atoms with Crippen molar-refractivity contribution in [1.82, 2.24) is 15.7 Å². The minimum absolute atomic E-state index is 0.307. The van der Waals surface area contributed by atoms with Gasteiger partial charge in [-0.25, -0.2) is 10.1 Å². The number of nitro benzene ring substituents is 1. The molecule has 0 saturated heterocycles. The van der Waals surface area contributed by atoms with Gasteiger partial charge in [-0.3, -0.25) is 14.9 Å². The number of phenolic OH excluding ortho intramolecular Hbond substituents is 1. The van der Waals surface area contributed by atoms with Gasteiger partial charge in [0.25, 0.3) is 5.91 Å². The topological polar surface area (TPSA) is 144 Å². The van der Waals surface area contributed by atoms with Crippen molar-refractivity contribution in [2.45, 2.75) is 0 Å². The SMILES string of the molecule is O=C(N/N=C/c1ccc([N+](=O)[O-])c(O)c1)c1ccc2nonc2c1. The van der Waals surface area contributed by atoms with Crippen molar-refractivity contribution < 1.29 is 19.5 Å². The van der Waals surface area contributed by atoms with Crippen molar-refractivity contribution in [2.75, 3.05) is 0 Å². The predicted octanol–water partition coefficient (Wildman–Crippen LogP) is 1.60. The Morgan fingerprint density at radius 1 is 1.25 bits per heavy atom. The van der Waals surface area contributed by atoms with Crippen LogP contribution in [0, 0.1) is 10.1 Å². The Kier molecular flexibility index (Phi) is 3.85. The maximum Gasteiger partial charge on any atom is 0.310 e. The molecule has 1 amide bonds. The number of hydrogen-bond acceptors (Lipinski definition) is 8. The maximum atomic E-state index is 12.0. The third-order valence-electron chi connectivity index (χ3n) is 3.09. The number of rotatable bonds is 4. The molecule has 0 radical (unpaired) electrons. The Balaban J connectivity index is 1.70. The second-order valence-corrected chi connectivity index (χ2v) is 4.67. The van der Waals surface area contributed by atoms with Crippen molar-refractivity contribution >= 4 is 28.8 Å². The van der Waals surface area contributed by atoms with Crippen LogP contribution in [0.1, 0.15) is 15.9 Å². The summed E-state index contributed by atoms with van der Waals surface area (Å²) in [4.78, 5) is 21.9. The lowest BCUT2D eigenvalue weighted by atomic mass is 10.2. The van der Waals surface area contributed by atoms with Crippen LogP contribution in [0.15, 0.2) is 46.1 Å². The van der Waals surface area contributed by atoms with E-state index < -0.39 is 22.3 Å². The van der Waals surface area contributed by atoms with E-state index in [1.165, 1.54) is 30.5 Å². The van der Waals surface area contributed by atoms with E-state index >= 15 is 0 Å². The average molecular weight is 327 g/mol. The first-order valence-electron chi connectivity index (χ1n) is 6.58. The summed E-state index contributed by atoms with van der Waals surface area (Å²) in [5.74, 6) is -0.971. The number of nitrogens with one attached hydrogen (secondary N) is 1. The van der Waals surface area contributed by atoms with Gasteiger partial charge < -0.3 is 5.11 Å². The summed E-state index contributed by atoms with van der Waals surface area (Å²) in [5.41, 5.74) is 3.54. The van der Waals surface area contributed by atoms with Gasteiger partial charge in [-0.1, -0.05) is 0 Å². The second kappa shape index (κ2) is 6.12. The third kappa shape index (κ3) is 3.02. The van der Waals surface area contributed by atoms with Crippen LogP contribution in [0.5, 0.6) is 5.75 Å². The van der Waals surface area contributed by atoms with Gasteiger partial charge in [0.2, 0.25) is 0 Å². The fourth-order valence-electron chi connectivity index (χ4n) is 1.93. The van der Waals surface area contributed by atoms with Crippen LogP contribution < -0.4 is 5.43 Å². The number of carbonyl (C=O) groups excluding carboxylic acids is 1. The molecular formula is C14H9N5O5. The normalized spacial score (nSPS) is 11.0. The molecule has 0 aliphatic carbocycles. The molecule has 10 nitrogen and oxygen atoms in total. The lowest BCUT2D eigenvalue weighted by Gasteiger charge is -2.00. The number of benzene rings is 2. The van der Waals surface area contributed by atoms with Crippen LogP contribution in [0.4, 0.5) is 5.69 Å². The van der Waals surface area contributed by atoms with Gasteiger partial charge in [0.1, 0.15) is 11.0 Å². The van der Waals surface area contributed by atoms with Crippen molar-refractivity contribution in [3.05, 3.63) is 57.6 Å². The van der Waals surface area contributed by atoms with E-state index in [0.717, 1.165) is 6.07 Å². The fraction of sp³-hybridized carbons (Fsp3) is 0. The molecule has 0 unspecified atom stereocenters. The monoisotopic (exact) mass is 327 g/mol. The van der Waals surface area contributed by atoms with Crippen LogP contribution >= 0.6 is 0 Å². The van der Waals surface area contributed by atoms with Crippen molar-refractivity contribution in [1.29, 1.82) is 0 Å². The molecule has 24 heavy (non-hydrogen) atoms. The van der Waals surface area contributed by atoms with Crippen LogP contribution in [-0.4, -0.2) is 32.5 Å². The highest BCUT2D eigenvalue weighted by atomic mass is 16.6. The molecule has 2 aromatic carbocycles. The zero-order valence-corrected chi connectivity index (χ0v) is 11.9. The minimum atomic E-state index is -0.701. The average Bonchev–Trinajstić information content (AvgIpc) is 3.02. The first-order chi connectivity index (χ1) is 11.5. The van der Waals surface area contributed by atoms with Gasteiger partial charge in [0, 0.05) is 11.6 Å². The van der Waals surface area contributed by atoms with E-state index in [2.05, 4.69) is 25.5 Å². The van der Waals surface area contributed by atoms with Crippen LogP contribution in [0.2, 0.25) is 0 Å². The number of phenols is 1. The molecule has 3 aromatic rings. The number of hydrazone groups is 1. The molecule has 120 valence electrons. The van der Waals surface area contributed by atoms with Gasteiger partial charge in [-0.15, -0.1) is 0 Å². The van der Waals surface area contributed by atoms with E-state index in [4.69, 9.17) is 0 Å². The van der Waals surface area contributed by atoms with E-state index in [1.807, 2.05) is 0 Å². The lowest BCUT2D eigenvalue weighted by Crippen LogP contribution is -2.17. The molecule has 0 aliphatic rings. The molecule has 1 heterocycles. The predicted molar refractivity (Wildman–Crippen MR) is 81.6 cm³/mol. The lowest BCUT2D eigenvalue weighted by molar-refractivity contribution is -0.385. The molecule has 0 atom stereocenters. The quantitative estimate of drug-likeness (QED) is 0.420. The number of aromatic hydroxyl groups is 1. The Morgan fingerprint density at radius 2 is 2.04 bits per heavy atom. The van der Waals surface area contributed by atoms with E-state index in [-0.39, 0.29) is 0 Å². The van der Waals surface area contributed by atoms with Crippen LogP contribution in [0.3, 0.4) is 0 Å². The van der Waals surface area contributed by atoms with Gasteiger partial charge in [0.05, 0.1) is 11.1 Å². The largest absolute Gasteiger partial charge is 0.502 e. The number of hydrogen-bond donors (Lipinski definition) is 2. The number of nitro groups is 1. The van der Waals surface area contributed by atoms with Crippen molar-refractivity contribution in [2.24, 2.45) is 5.10 Å². The highest BCUT2D eigenvalue weighted by Gasteiger charge is 2.12. The first-order valence-corrected chi connectivity index (χ1v) is 6.58. The number of carbonyl (C=O) groups is 1. The summed E-state index contributed by atoms with van der Waals surface area (Å²) < 4.78 is 4.54. The highest BCUT2D eigenvalue weighted by molar-refractivity contribution is 5.97. The van der Waals surface area contributed by atoms with Gasteiger partial charge in [-0.2, -0.15) is 5.10 Å². The summed E-state index contributed by atoms with van der Waals surface area (Å²) in [6, 6.07) is 8.31. The minimum Gasteiger partial charge on any atom is -0.502 e. The molecule has 10 heteroatoms. The summed E-state index contributed by atoms with van der Waals surface area (Å²) in [6.45, 7) is 0. The summed E-state index contributed by atoms with van der Waals surface area (Å²) >= 11 is 0. The Bertz CT molecular complexity index is 965. The van der Waals surface area contributed by atoms with Gasteiger partial charge >= 0.3 is 5.69 Å². The van der Waals surface area contributed by atoms with Crippen molar-refractivity contribution in [3.8, 4) is 5.75 Å². The van der Waals surface area contributed by atoms with Crippen LogP contribution in [0.25, 0.3) is 11.0 Å². The zero-order valence-electron chi connectivity index (χ0n) is 11.9. The molecule has 0 aliphatic heterocycles. The molecule has 2 N–H and O–H groups in total. The van der Waals surface area contributed by atoms with E-state index in [9.17, 15) is 20.0 Å². The molecule has 1 aromatic heterocycles. The fourth-order valence-corrected chi connectivity index (χ4v) is 1.93. The molecule has 0 saturated carbocycles. The number of aromatic nitrogens is 2. The molecular weight excluding hydrogens is 318 g/mol. The Morgan fingerprint density at radius 3 is 2.79 bits per heavy atom. The Labute approximate surface area is 133 Å². The summed E-state index contributed by atoms with van der Waals surface area (Å²) in [7, 11) is 0. The maximum absolute atomic E-state index is 12.0. The molecule has 3 rings (SSSR count). The summed E-state index contributed by atoms with van der Waals surface area (Å²) in [6.07, 6.45) is 1.25. The number of nitrogens with zero attached hydrogens (tertiary/aromatic N) is 4. The third-order valence-corrected chi connectivity index (χ3v) is 3.09. The second-order valence-electron chi connectivity index (χ2n) is 4.67. The smallest absolute Gasteiger partial charge is 0.310 e. The standard InChI is InChI=1S/C14H9N5O5/c20-13-5-8(1-4-12(13)19(22)23)7-15-16-14(21)9-2-3-10-11(6-9)18-24-17-10/h1-7,20H,(H,16,21)/b15-7+. The molecule has 0 fully saturated rings. The van der Waals surface area contributed by atoms with Crippen LogP contribution in [-0.2, 0) is 0 Å². The number of fused-ring (bicyclic) bond motifs is 1. The highest BCUT2D eigenvalue weighted by Crippen LogP contribution is 2.25. The molecule has 0 spiro atoms. The number of amides is 1.